The SMILES string of the molecule is O=C(OCc1ccccc1)c1ccccc1COc1ccc(C(=O)c2c(OCc3ccccc3)cc(OCc3ccccc3)cc2C(=O)Cl)cc1. The minimum absolute atomic E-state index is 0.0228. The van der Waals surface area contributed by atoms with Gasteiger partial charge in [-0.3, -0.25) is 9.59 Å². The van der Waals surface area contributed by atoms with Crippen LogP contribution in [0.4, 0.5) is 0 Å². The summed E-state index contributed by atoms with van der Waals surface area (Å²) in [4.78, 5) is 39.7. The Morgan fingerprint density at radius 1 is 0.490 bits per heavy atom. The normalized spacial score (nSPS) is 10.6. The molecule has 0 fully saturated rings. The Labute approximate surface area is 301 Å². The van der Waals surface area contributed by atoms with Crippen molar-refractivity contribution in [2.24, 2.45) is 0 Å². The van der Waals surface area contributed by atoms with E-state index in [2.05, 4.69) is 0 Å². The topological polar surface area (TPSA) is 88.1 Å². The predicted molar refractivity (Wildman–Crippen MR) is 194 cm³/mol. The molecule has 0 aliphatic carbocycles. The molecule has 0 aliphatic rings. The quantitative estimate of drug-likeness (QED) is 0.0601. The zero-order valence-electron chi connectivity index (χ0n) is 27.5. The molecule has 0 unspecified atom stereocenters. The molecule has 0 amide bonds. The van der Waals surface area contributed by atoms with Gasteiger partial charge in [0.15, 0.2) is 5.78 Å². The summed E-state index contributed by atoms with van der Waals surface area (Å²) in [6.07, 6.45) is 0. The average Bonchev–Trinajstić information content (AvgIpc) is 3.18. The van der Waals surface area contributed by atoms with Crippen molar-refractivity contribution in [3.8, 4) is 17.2 Å². The van der Waals surface area contributed by atoms with E-state index in [0.29, 0.717) is 22.6 Å². The number of benzene rings is 6. The van der Waals surface area contributed by atoms with Crippen LogP contribution in [-0.4, -0.2) is 17.0 Å². The predicted octanol–water partition coefficient (Wildman–Crippen LogP) is 9.39. The van der Waals surface area contributed by atoms with Gasteiger partial charge in [0, 0.05) is 17.2 Å². The van der Waals surface area contributed by atoms with Crippen LogP contribution < -0.4 is 14.2 Å². The Morgan fingerprint density at radius 3 is 1.63 bits per heavy atom. The van der Waals surface area contributed by atoms with E-state index in [9.17, 15) is 14.4 Å². The van der Waals surface area contributed by atoms with Crippen LogP contribution in [0.5, 0.6) is 17.2 Å². The highest BCUT2D eigenvalue weighted by atomic mass is 35.5. The summed E-state index contributed by atoms with van der Waals surface area (Å²) >= 11 is 6.07. The van der Waals surface area contributed by atoms with Gasteiger partial charge in [-0.1, -0.05) is 109 Å². The summed E-state index contributed by atoms with van der Waals surface area (Å²) in [6.45, 7) is 0.636. The number of carbonyl (C=O) groups is 3. The lowest BCUT2D eigenvalue weighted by Gasteiger charge is -2.17. The summed E-state index contributed by atoms with van der Waals surface area (Å²) in [5, 5.41) is -0.825. The van der Waals surface area contributed by atoms with Gasteiger partial charge in [0.2, 0.25) is 0 Å². The van der Waals surface area contributed by atoms with Crippen molar-refractivity contribution in [3.63, 3.8) is 0 Å². The van der Waals surface area contributed by atoms with Crippen molar-refractivity contribution >= 4 is 28.6 Å². The first-order valence-electron chi connectivity index (χ1n) is 16.2. The average molecular weight is 697 g/mol. The summed E-state index contributed by atoms with van der Waals surface area (Å²) in [5.41, 5.74) is 4.01. The van der Waals surface area contributed by atoms with Crippen molar-refractivity contribution in [2.75, 3.05) is 0 Å². The molecule has 6 aromatic carbocycles. The van der Waals surface area contributed by atoms with E-state index in [1.165, 1.54) is 6.07 Å². The summed E-state index contributed by atoms with van der Waals surface area (Å²) < 4.78 is 23.7. The van der Waals surface area contributed by atoms with E-state index in [1.807, 2.05) is 97.1 Å². The second-order valence-electron chi connectivity index (χ2n) is 11.5. The van der Waals surface area contributed by atoms with Crippen molar-refractivity contribution < 1.29 is 33.3 Å². The molecular weight excluding hydrogens is 664 g/mol. The largest absolute Gasteiger partial charge is 0.489 e. The molecule has 8 heteroatoms. The molecule has 0 aromatic heterocycles. The second-order valence-corrected chi connectivity index (χ2v) is 11.9. The van der Waals surface area contributed by atoms with Gasteiger partial charge >= 0.3 is 5.97 Å². The van der Waals surface area contributed by atoms with Crippen molar-refractivity contribution in [3.05, 3.63) is 196 Å². The zero-order chi connectivity index (χ0) is 35.4. The number of rotatable bonds is 15. The smallest absolute Gasteiger partial charge is 0.338 e. The fourth-order valence-corrected chi connectivity index (χ4v) is 5.46. The van der Waals surface area contributed by atoms with Crippen LogP contribution in [0.15, 0.2) is 152 Å². The molecule has 0 saturated heterocycles. The molecule has 51 heavy (non-hydrogen) atoms. The fourth-order valence-electron chi connectivity index (χ4n) is 5.31. The van der Waals surface area contributed by atoms with Gasteiger partial charge < -0.3 is 18.9 Å². The number of hydrogen-bond acceptors (Lipinski definition) is 7. The van der Waals surface area contributed by atoms with E-state index < -0.39 is 17.0 Å². The molecule has 0 saturated carbocycles. The third-order valence-corrected chi connectivity index (χ3v) is 8.16. The maximum atomic E-state index is 14.0. The standard InChI is InChI=1S/C43H33ClO7/c44-42(46)38-24-36(48-26-30-12-4-1-5-13-30)25-39(50-27-31-14-6-2-7-15-31)40(38)41(45)33-20-22-35(23-21-33)49-29-34-18-10-11-19-37(34)43(47)51-28-32-16-8-3-9-17-32/h1-25H,26-29H2. The van der Waals surface area contributed by atoms with Crippen molar-refractivity contribution in [2.45, 2.75) is 26.4 Å². The molecule has 0 atom stereocenters. The molecular formula is C43H33ClO7. The Balaban J connectivity index is 1.20. The first-order chi connectivity index (χ1) is 24.9. The number of carbonyl (C=O) groups excluding carboxylic acids is 3. The second kappa shape index (κ2) is 17.0. The Morgan fingerprint density at radius 2 is 1.02 bits per heavy atom. The number of halogens is 1. The Kier molecular flexibility index (Phi) is 11.5. The van der Waals surface area contributed by atoms with Crippen LogP contribution in [-0.2, 0) is 31.2 Å². The van der Waals surface area contributed by atoms with Gasteiger partial charge in [-0.15, -0.1) is 0 Å². The van der Waals surface area contributed by atoms with E-state index >= 15 is 0 Å². The monoisotopic (exact) mass is 696 g/mol. The lowest BCUT2D eigenvalue weighted by atomic mass is 9.97. The molecule has 254 valence electrons. The van der Waals surface area contributed by atoms with Crippen LogP contribution in [0.2, 0.25) is 0 Å². The number of ketones is 1. The highest BCUT2D eigenvalue weighted by Gasteiger charge is 2.25. The molecule has 0 spiro atoms. The molecule has 6 aromatic rings. The van der Waals surface area contributed by atoms with Gasteiger partial charge in [-0.2, -0.15) is 0 Å². The van der Waals surface area contributed by atoms with Crippen LogP contribution in [0, 0.1) is 0 Å². The maximum Gasteiger partial charge on any atom is 0.338 e. The molecule has 0 aliphatic heterocycles. The van der Waals surface area contributed by atoms with E-state index in [-0.39, 0.29) is 48.9 Å². The van der Waals surface area contributed by atoms with E-state index in [4.69, 9.17) is 30.5 Å². The highest BCUT2D eigenvalue weighted by Crippen LogP contribution is 2.34. The van der Waals surface area contributed by atoms with Crippen LogP contribution in [0.25, 0.3) is 0 Å². The van der Waals surface area contributed by atoms with E-state index in [0.717, 1.165) is 16.7 Å². The highest BCUT2D eigenvalue weighted by molar-refractivity contribution is 6.68. The molecule has 0 bridgehead atoms. The first kappa shape index (κ1) is 34.7. The number of esters is 1. The molecule has 7 nitrogen and oxygen atoms in total. The van der Waals surface area contributed by atoms with Crippen LogP contribution in [0.3, 0.4) is 0 Å². The van der Waals surface area contributed by atoms with Gasteiger partial charge in [0.05, 0.1) is 16.7 Å². The van der Waals surface area contributed by atoms with Gasteiger partial charge in [-0.25, -0.2) is 4.79 Å². The number of ether oxygens (including phenoxy) is 4. The van der Waals surface area contributed by atoms with Gasteiger partial charge in [0.25, 0.3) is 5.24 Å². The fraction of sp³-hybridized carbons (Fsp3) is 0.0930. The molecule has 0 N–H and O–H groups in total. The van der Waals surface area contributed by atoms with Gasteiger partial charge in [0.1, 0.15) is 43.7 Å². The van der Waals surface area contributed by atoms with Crippen molar-refractivity contribution in [1.82, 2.24) is 0 Å². The first-order valence-corrected chi connectivity index (χ1v) is 16.6. The van der Waals surface area contributed by atoms with Gasteiger partial charge in [-0.05, 0) is 64.7 Å². The Hall–Kier alpha value is -6.18. The summed E-state index contributed by atoms with van der Waals surface area (Å²) in [6, 6.07) is 45.1. The van der Waals surface area contributed by atoms with Crippen LogP contribution >= 0.6 is 11.6 Å². The zero-order valence-corrected chi connectivity index (χ0v) is 28.3. The van der Waals surface area contributed by atoms with Crippen LogP contribution in [0.1, 0.15) is 58.9 Å². The lowest BCUT2D eigenvalue weighted by Crippen LogP contribution is -2.12. The molecule has 0 heterocycles. The van der Waals surface area contributed by atoms with Crippen molar-refractivity contribution in [1.29, 1.82) is 0 Å². The third-order valence-electron chi connectivity index (χ3n) is 7.96. The summed E-state index contributed by atoms with van der Waals surface area (Å²) in [7, 11) is 0. The summed E-state index contributed by atoms with van der Waals surface area (Å²) in [5.74, 6) is 0.0444. The molecule has 6 rings (SSSR count). The third kappa shape index (κ3) is 9.29. The number of hydrogen-bond donors (Lipinski definition) is 0. The Bertz CT molecular complexity index is 2100. The molecule has 0 radical (unpaired) electrons. The minimum Gasteiger partial charge on any atom is -0.489 e. The van der Waals surface area contributed by atoms with E-state index in [1.54, 1.807) is 48.5 Å². The maximum absolute atomic E-state index is 14.0. The minimum atomic E-state index is -0.825. The lowest BCUT2D eigenvalue weighted by molar-refractivity contribution is 0.0469.